The first kappa shape index (κ1) is 17.3. The zero-order valence-corrected chi connectivity index (χ0v) is 17.1. The smallest absolute Gasteiger partial charge is 0.211 e. The van der Waals surface area contributed by atoms with E-state index in [1.54, 1.807) is 23.1 Å². The van der Waals surface area contributed by atoms with Crippen LogP contribution in [-0.4, -0.2) is 10.3 Å². The fraction of sp³-hybridized carbons (Fsp3) is 0.0909. The summed E-state index contributed by atoms with van der Waals surface area (Å²) in [5.74, 6) is 0. The maximum atomic E-state index is 4.51. The monoisotopic (exact) mass is 402 g/mol. The molecule has 0 spiro atoms. The molecular weight excluding hydrogens is 384 g/mol. The van der Waals surface area contributed by atoms with Crippen LogP contribution in [0.5, 0.6) is 0 Å². The summed E-state index contributed by atoms with van der Waals surface area (Å²) in [7, 11) is 2.03. The van der Waals surface area contributed by atoms with Crippen LogP contribution < -0.4 is 10.1 Å². The third-order valence-electron chi connectivity index (χ3n) is 4.77. The quantitative estimate of drug-likeness (QED) is 0.301. The van der Waals surface area contributed by atoms with E-state index in [-0.39, 0.29) is 0 Å². The predicted molar refractivity (Wildman–Crippen MR) is 119 cm³/mol. The number of hydrogen-bond donors (Lipinski definition) is 1. The van der Waals surface area contributed by atoms with Gasteiger partial charge in [0.25, 0.3) is 0 Å². The molecule has 0 amide bonds. The number of aromatic nitrogens is 1. The van der Waals surface area contributed by atoms with Crippen LogP contribution in [0, 0.1) is 0 Å². The predicted octanol–water partition coefficient (Wildman–Crippen LogP) is 5.77. The Morgan fingerprint density at radius 3 is 2.61 bits per heavy atom. The van der Waals surface area contributed by atoms with E-state index in [2.05, 4.69) is 74.7 Å². The molecule has 3 aromatic carbocycles. The number of para-hydroxylation sites is 2. The number of nitrogens with one attached hydrogen (secondary N) is 1. The van der Waals surface area contributed by atoms with Gasteiger partial charge < -0.3 is 9.88 Å². The first-order chi connectivity index (χ1) is 13.7. The molecule has 5 rings (SSSR count). The zero-order chi connectivity index (χ0) is 19.1. The van der Waals surface area contributed by atoms with E-state index in [1.165, 1.54) is 20.0 Å². The summed E-state index contributed by atoms with van der Waals surface area (Å²) in [4.78, 5) is 3.37. The van der Waals surface area contributed by atoms with Crippen molar-refractivity contribution in [2.45, 2.75) is 16.7 Å². The van der Waals surface area contributed by atoms with Crippen molar-refractivity contribution in [3.8, 4) is 0 Å². The zero-order valence-electron chi connectivity index (χ0n) is 15.5. The molecule has 1 aliphatic rings. The van der Waals surface area contributed by atoms with Crippen LogP contribution in [-0.2, 0) is 7.05 Å². The van der Waals surface area contributed by atoms with Crippen LogP contribution in [0.3, 0.4) is 0 Å². The van der Waals surface area contributed by atoms with Gasteiger partial charge in [-0.3, -0.25) is 0 Å². The molecule has 1 N–H and O–H groups in total. The minimum Gasteiger partial charge on any atom is -0.354 e. The average molecular weight is 403 g/mol. The van der Waals surface area contributed by atoms with Crippen molar-refractivity contribution in [3.05, 3.63) is 77.1 Å². The number of benzene rings is 3. The molecule has 4 nitrogen and oxygen atoms in total. The highest BCUT2D eigenvalue weighted by Gasteiger charge is 2.15. The van der Waals surface area contributed by atoms with E-state index in [0.717, 1.165) is 27.5 Å². The first-order valence-corrected chi connectivity index (χ1v) is 10.6. The van der Waals surface area contributed by atoms with Crippen LogP contribution in [0.15, 0.2) is 86.7 Å². The summed E-state index contributed by atoms with van der Waals surface area (Å²) in [5, 5.41) is 12.5. The molecule has 0 atom stereocenters. The van der Waals surface area contributed by atoms with E-state index in [1.807, 2.05) is 26.1 Å². The molecule has 2 heterocycles. The largest absolute Gasteiger partial charge is 0.354 e. The summed E-state index contributed by atoms with van der Waals surface area (Å²) in [6.07, 6.45) is 0. The molecule has 0 saturated heterocycles. The van der Waals surface area contributed by atoms with Crippen LogP contribution in [0.2, 0.25) is 0 Å². The van der Waals surface area contributed by atoms with Crippen LogP contribution in [0.1, 0.15) is 12.5 Å². The number of rotatable bonds is 2. The van der Waals surface area contributed by atoms with Crippen LogP contribution in [0.4, 0.5) is 11.4 Å². The van der Waals surface area contributed by atoms with Crippen molar-refractivity contribution in [1.82, 2.24) is 4.57 Å². The van der Waals surface area contributed by atoms with Gasteiger partial charge >= 0.3 is 0 Å². The Morgan fingerprint density at radius 1 is 0.929 bits per heavy atom. The molecule has 0 saturated carbocycles. The van der Waals surface area contributed by atoms with E-state index in [0.29, 0.717) is 0 Å². The summed E-state index contributed by atoms with van der Waals surface area (Å²) < 4.78 is 3.30. The van der Waals surface area contributed by atoms with Gasteiger partial charge in [0.1, 0.15) is 0 Å². The molecule has 1 aliphatic heterocycles. The van der Waals surface area contributed by atoms with E-state index >= 15 is 0 Å². The van der Waals surface area contributed by atoms with Crippen LogP contribution in [0.25, 0.3) is 10.2 Å². The van der Waals surface area contributed by atoms with Gasteiger partial charge in [0.05, 0.1) is 27.3 Å². The molecule has 6 heteroatoms. The maximum absolute atomic E-state index is 4.51. The van der Waals surface area contributed by atoms with E-state index in [9.17, 15) is 0 Å². The molecule has 0 unspecified atom stereocenters. The highest BCUT2D eigenvalue weighted by Crippen LogP contribution is 2.44. The lowest BCUT2D eigenvalue weighted by Gasteiger charge is -2.21. The fourth-order valence-electron chi connectivity index (χ4n) is 3.22. The molecule has 28 heavy (non-hydrogen) atoms. The Morgan fingerprint density at radius 2 is 1.71 bits per heavy atom. The number of hydrogen-bond acceptors (Lipinski definition) is 5. The number of nitrogens with zero attached hydrogens (tertiary/aromatic N) is 3. The first-order valence-electron chi connectivity index (χ1n) is 9.00. The molecule has 1 aromatic heterocycles. The Kier molecular flexibility index (Phi) is 4.30. The standard InChI is InChI=1S/C22H18N4S2/c1-14(24-25-22-26(2)18-8-4-6-10-21(18)28-22)15-11-12-20-17(13-15)23-16-7-3-5-9-19(16)27-20/h3-13,23H,1-2H3/b24-14+,25-22+. The van der Waals surface area contributed by atoms with Gasteiger partial charge in [-0.1, -0.05) is 53.4 Å². The van der Waals surface area contributed by atoms with Crippen molar-refractivity contribution < 1.29 is 0 Å². The fourth-order valence-corrected chi connectivity index (χ4v) is 5.16. The normalized spacial score (nSPS) is 13.9. The third kappa shape index (κ3) is 3.04. The third-order valence-corrected chi connectivity index (χ3v) is 7.03. The topological polar surface area (TPSA) is 41.7 Å². The van der Waals surface area contributed by atoms with Crippen molar-refractivity contribution >= 4 is 50.4 Å². The Hall–Kier alpha value is -2.83. The van der Waals surface area contributed by atoms with Gasteiger partial charge in [-0.15, -0.1) is 5.10 Å². The molecule has 4 aromatic rings. The number of fused-ring (bicyclic) bond motifs is 3. The van der Waals surface area contributed by atoms with E-state index in [4.69, 9.17) is 0 Å². The second kappa shape index (κ2) is 6.96. The minimum atomic E-state index is 0.890. The average Bonchev–Trinajstić information content (AvgIpc) is 3.06. The maximum Gasteiger partial charge on any atom is 0.211 e. The van der Waals surface area contributed by atoms with Crippen molar-refractivity contribution in [1.29, 1.82) is 0 Å². The number of anilines is 2. The molecule has 0 aliphatic carbocycles. The van der Waals surface area contributed by atoms with Gasteiger partial charge in [-0.25, -0.2) is 0 Å². The highest BCUT2D eigenvalue weighted by molar-refractivity contribution is 7.99. The molecule has 0 radical (unpaired) electrons. The summed E-state index contributed by atoms with van der Waals surface area (Å²) in [5.41, 5.74) is 5.40. The summed E-state index contributed by atoms with van der Waals surface area (Å²) >= 11 is 3.44. The lowest BCUT2D eigenvalue weighted by atomic mass is 10.1. The van der Waals surface area contributed by atoms with Crippen molar-refractivity contribution in [2.24, 2.45) is 17.3 Å². The molecular formula is C22H18N4S2. The van der Waals surface area contributed by atoms with Crippen molar-refractivity contribution in [2.75, 3.05) is 5.32 Å². The van der Waals surface area contributed by atoms with Crippen LogP contribution >= 0.6 is 23.1 Å². The van der Waals surface area contributed by atoms with Gasteiger partial charge in [0.15, 0.2) is 0 Å². The van der Waals surface area contributed by atoms with Gasteiger partial charge in [-0.2, -0.15) is 5.10 Å². The van der Waals surface area contributed by atoms with E-state index < -0.39 is 0 Å². The minimum absolute atomic E-state index is 0.890. The lowest BCUT2D eigenvalue weighted by Crippen LogP contribution is -2.09. The molecule has 0 bridgehead atoms. The molecule has 0 fully saturated rings. The Bertz CT molecular complexity index is 1300. The second-order valence-electron chi connectivity index (χ2n) is 6.63. The summed E-state index contributed by atoms with van der Waals surface area (Å²) in [6, 6.07) is 23.1. The highest BCUT2D eigenvalue weighted by atomic mass is 32.2. The summed E-state index contributed by atoms with van der Waals surface area (Å²) in [6.45, 7) is 2.00. The van der Waals surface area contributed by atoms with Crippen molar-refractivity contribution in [3.63, 3.8) is 0 Å². The lowest BCUT2D eigenvalue weighted by molar-refractivity contribution is 0.888. The van der Waals surface area contributed by atoms with Gasteiger partial charge in [-0.05, 0) is 48.9 Å². The molecule has 138 valence electrons. The van der Waals surface area contributed by atoms with Gasteiger partial charge in [0.2, 0.25) is 4.80 Å². The van der Waals surface area contributed by atoms with Gasteiger partial charge in [0, 0.05) is 16.8 Å². The second-order valence-corrected chi connectivity index (χ2v) is 8.72. The Balaban J connectivity index is 1.49. The number of thiazole rings is 1. The number of aryl methyl sites for hydroxylation is 1. The Labute approximate surface area is 171 Å². The SMILES string of the molecule is C/C(=N\N=c1\sc2ccccc2n1C)c1ccc2c(c1)Nc1ccccc1S2.